The van der Waals surface area contributed by atoms with Crippen molar-refractivity contribution in [1.82, 2.24) is 10.1 Å². The predicted molar refractivity (Wildman–Crippen MR) is 114 cm³/mol. The van der Waals surface area contributed by atoms with Crippen molar-refractivity contribution in [3.63, 3.8) is 0 Å². The predicted octanol–water partition coefficient (Wildman–Crippen LogP) is 2.85. The number of carbonyl (C=O) groups excluding carboxylic acids is 1. The summed E-state index contributed by atoms with van der Waals surface area (Å²) in [6.07, 6.45) is 1.14. The second kappa shape index (κ2) is 7.13. The highest BCUT2D eigenvalue weighted by Gasteiger charge is 2.46. The van der Waals surface area contributed by atoms with E-state index in [9.17, 15) is 9.59 Å². The maximum atomic E-state index is 13.0. The zero-order chi connectivity index (χ0) is 21.0. The third-order valence-electron chi connectivity index (χ3n) is 5.06. The fourth-order valence-corrected chi connectivity index (χ4v) is 4.71. The Morgan fingerprint density at radius 2 is 2.03 bits per heavy atom. The number of H-pyrrole nitrogens is 1. The number of amides is 1. The van der Waals surface area contributed by atoms with Crippen LogP contribution in [0.25, 0.3) is 11.3 Å². The molecule has 10 heteroatoms. The van der Waals surface area contributed by atoms with Crippen LogP contribution in [0.5, 0.6) is 11.5 Å². The number of thioether (sulfide) groups is 1. The molecule has 3 heterocycles. The fraction of sp³-hybridized carbons (Fsp3) is 0.200. The van der Waals surface area contributed by atoms with Gasteiger partial charge in [-0.1, -0.05) is 39.8 Å². The molecule has 0 bridgehead atoms. The smallest absolute Gasteiger partial charge is 0.325 e. The molecule has 2 aromatic carbocycles. The van der Waals surface area contributed by atoms with Crippen LogP contribution in [0.3, 0.4) is 0 Å². The molecule has 30 heavy (non-hydrogen) atoms. The molecular weight excluding hydrogens is 472 g/mol. The van der Waals surface area contributed by atoms with Crippen LogP contribution < -0.4 is 24.6 Å². The number of carbonyl (C=O) groups is 1. The largest absolute Gasteiger partial charge is 0.454 e. The summed E-state index contributed by atoms with van der Waals surface area (Å²) >= 11 is 4.92. The van der Waals surface area contributed by atoms with Crippen molar-refractivity contribution in [3.05, 3.63) is 56.8 Å². The Balaban J connectivity index is 1.86. The minimum atomic E-state index is -0.690. The number of halogens is 1. The van der Waals surface area contributed by atoms with Crippen molar-refractivity contribution in [2.45, 2.75) is 18.2 Å². The number of hydrogen-bond acceptors (Lipinski definition) is 6. The first-order chi connectivity index (χ1) is 14.5. The number of rotatable bonds is 2. The zero-order valence-electron chi connectivity index (χ0n) is 16.0. The molecule has 0 aliphatic carbocycles. The van der Waals surface area contributed by atoms with Gasteiger partial charge in [0, 0.05) is 16.5 Å². The van der Waals surface area contributed by atoms with E-state index in [2.05, 4.69) is 26.0 Å². The first-order valence-electron chi connectivity index (χ1n) is 9.08. The Bertz CT molecular complexity index is 1260. The van der Waals surface area contributed by atoms with E-state index in [0.29, 0.717) is 38.1 Å². The van der Waals surface area contributed by atoms with Gasteiger partial charge in [-0.25, -0.2) is 4.90 Å². The molecule has 0 saturated carbocycles. The molecule has 2 aliphatic heterocycles. The van der Waals surface area contributed by atoms with Crippen molar-refractivity contribution in [3.8, 4) is 22.8 Å². The highest BCUT2D eigenvalue weighted by molar-refractivity contribution is 9.10. The molecule has 1 aromatic heterocycles. The topological polar surface area (TPSA) is 88.4 Å². The van der Waals surface area contributed by atoms with Crippen molar-refractivity contribution in [1.29, 1.82) is 0 Å². The van der Waals surface area contributed by atoms with E-state index in [4.69, 9.17) is 9.47 Å². The number of ether oxygens (including phenoxy) is 2. The van der Waals surface area contributed by atoms with Gasteiger partial charge in [-0.2, -0.15) is 0 Å². The normalized spacial score (nSPS) is 16.2. The second-order valence-electron chi connectivity index (χ2n) is 6.76. The summed E-state index contributed by atoms with van der Waals surface area (Å²) in [7, 11) is 0. The maximum Gasteiger partial charge on any atom is 0.325 e. The number of benzene rings is 2. The number of aromatic nitrogens is 3. The summed E-state index contributed by atoms with van der Waals surface area (Å²) in [5.41, 5.74) is 2.12. The molecule has 1 atom stereocenters. The van der Waals surface area contributed by atoms with Crippen LogP contribution in [0.15, 0.2) is 50.8 Å². The minimum absolute atomic E-state index is 0.132. The first-order valence-corrected chi connectivity index (χ1v) is 11.1. The van der Waals surface area contributed by atoms with Crippen LogP contribution in [0.4, 0.5) is 5.69 Å². The number of aromatic amines is 1. The Morgan fingerprint density at radius 1 is 1.30 bits per heavy atom. The van der Waals surface area contributed by atoms with Gasteiger partial charge in [0.1, 0.15) is 0 Å². The van der Waals surface area contributed by atoms with Gasteiger partial charge in [0.15, 0.2) is 11.5 Å². The van der Waals surface area contributed by atoms with Crippen LogP contribution >= 0.6 is 27.7 Å². The van der Waals surface area contributed by atoms with Crippen LogP contribution in [-0.4, -0.2) is 29.0 Å². The third-order valence-corrected chi connectivity index (χ3v) is 6.32. The quantitative estimate of drug-likeness (QED) is 0.441. The summed E-state index contributed by atoms with van der Waals surface area (Å²) in [6, 6.07) is 10.9. The molecule has 0 saturated heterocycles. The molecule has 2 aliphatic rings. The number of nitrogens with zero attached hydrogens (tertiary/aromatic N) is 3. The molecule has 5 rings (SSSR count). The average molecular weight is 488 g/mol. The molecular formula is C20H16BrN4O4S+. The monoisotopic (exact) mass is 487 g/mol. The van der Waals surface area contributed by atoms with Crippen LogP contribution in [-0.2, 0) is 4.79 Å². The maximum absolute atomic E-state index is 13.0. The van der Waals surface area contributed by atoms with E-state index in [0.717, 1.165) is 5.56 Å². The Morgan fingerprint density at radius 3 is 2.77 bits per heavy atom. The number of para-hydroxylation sites is 1. The SMILES string of the molecule is CSc1n[n+]2c(c(=O)[nH]1)-c1ccccc1N(C(C)=O)[C@@H]2c1cc2c(cc1Br)OCO2. The summed E-state index contributed by atoms with van der Waals surface area (Å²) in [6.45, 7) is 1.63. The van der Waals surface area contributed by atoms with Gasteiger partial charge in [0.2, 0.25) is 17.9 Å². The minimum Gasteiger partial charge on any atom is -0.454 e. The Labute approximate surface area is 183 Å². The third kappa shape index (κ3) is 2.82. The second-order valence-corrected chi connectivity index (χ2v) is 8.41. The molecule has 1 amide bonds. The standard InChI is InChI=1S/C20H15BrN4O4S/c1-10(26)24-14-6-4-3-5-11(14)17-18(27)22-20(30-2)23-25(17)19(24)12-7-15-16(8-13(12)21)29-9-28-15/h3-8,19H,9H2,1-2H3/p+1/t19-/m0/s1. The Kier molecular flexibility index (Phi) is 4.55. The molecule has 8 nitrogen and oxygen atoms in total. The number of fused-ring (bicyclic) bond motifs is 4. The van der Waals surface area contributed by atoms with Gasteiger partial charge in [0.05, 0.1) is 16.8 Å². The summed E-state index contributed by atoms with van der Waals surface area (Å²) < 4.78 is 13.3. The fourth-order valence-electron chi connectivity index (χ4n) is 3.82. The summed E-state index contributed by atoms with van der Waals surface area (Å²) in [5, 5.41) is 5.11. The van der Waals surface area contributed by atoms with Crippen molar-refractivity contribution in [2.24, 2.45) is 0 Å². The highest BCUT2D eigenvalue weighted by atomic mass is 79.9. The highest BCUT2D eigenvalue weighted by Crippen LogP contribution is 2.43. The molecule has 0 radical (unpaired) electrons. The van der Waals surface area contributed by atoms with E-state index in [1.807, 2.05) is 36.6 Å². The number of nitrogens with one attached hydrogen (secondary N) is 1. The number of anilines is 1. The van der Waals surface area contributed by atoms with E-state index in [-0.39, 0.29) is 18.3 Å². The van der Waals surface area contributed by atoms with E-state index < -0.39 is 6.17 Å². The summed E-state index contributed by atoms with van der Waals surface area (Å²) in [4.78, 5) is 30.4. The lowest BCUT2D eigenvalue weighted by Gasteiger charge is -2.31. The van der Waals surface area contributed by atoms with E-state index in [1.165, 1.54) is 18.7 Å². The van der Waals surface area contributed by atoms with E-state index >= 15 is 0 Å². The summed E-state index contributed by atoms with van der Waals surface area (Å²) in [5.74, 6) is 1.01. The van der Waals surface area contributed by atoms with Gasteiger partial charge in [-0.3, -0.25) is 14.6 Å². The molecule has 0 fully saturated rings. The molecule has 3 aromatic rings. The lowest BCUT2D eigenvalue weighted by atomic mass is 10.0. The zero-order valence-corrected chi connectivity index (χ0v) is 18.4. The lowest BCUT2D eigenvalue weighted by molar-refractivity contribution is -0.763. The lowest BCUT2D eigenvalue weighted by Crippen LogP contribution is -2.60. The first kappa shape index (κ1) is 19.1. The molecule has 0 unspecified atom stereocenters. The van der Waals surface area contributed by atoms with Crippen LogP contribution in [0.1, 0.15) is 18.7 Å². The molecule has 0 spiro atoms. The van der Waals surface area contributed by atoms with Gasteiger partial charge >= 0.3 is 11.3 Å². The average Bonchev–Trinajstić information content (AvgIpc) is 3.18. The van der Waals surface area contributed by atoms with Gasteiger partial charge in [-0.05, 0) is 35.2 Å². The van der Waals surface area contributed by atoms with Crippen molar-refractivity contribution < 1.29 is 19.0 Å². The van der Waals surface area contributed by atoms with Gasteiger partial charge < -0.3 is 9.47 Å². The van der Waals surface area contributed by atoms with Crippen molar-refractivity contribution in [2.75, 3.05) is 17.9 Å². The van der Waals surface area contributed by atoms with Gasteiger partial charge in [-0.15, -0.1) is 0 Å². The van der Waals surface area contributed by atoms with Crippen LogP contribution in [0.2, 0.25) is 0 Å². The molecule has 152 valence electrons. The Hall–Kier alpha value is -2.85. The van der Waals surface area contributed by atoms with E-state index in [1.54, 1.807) is 15.6 Å². The number of hydrogen-bond donors (Lipinski definition) is 1. The van der Waals surface area contributed by atoms with Crippen LogP contribution in [0, 0.1) is 0 Å². The van der Waals surface area contributed by atoms with Gasteiger partial charge in [0.25, 0.3) is 6.17 Å². The van der Waals surface area contributed by atoms with Crippen molar-refractivity contribution >= 4 is 39.3 Å². The molecule has 1 N–H and O–H groups in total.